The van der Waals surface area contributed by atoms with Gasteiger partial charge in [0.2, 0.25) is 0 Å². The minimum Gasteiger partial charge on any atom is -0.462 e. The number of carbonyl (C=O) groups is 3. The second-order valence-corrected chi connectivity index (χ2v) is 17.0. The molecule has 0 amide bonds. The average Bonchev–Trinajstić information content (AvgIpc) is 3.28. The molecule has 0 saturated heterocycles. The molecule has 0 aromatic rings. The van der Waals surface area contributed by atoms with E-state index in [0.29, 0.717) is 19.3 Å². The van der Waals surface area contributed by atoms with Crippen molar-refractivity contribution in [1.29, 1.82) is 0 Å². The fourth-order valence-electron chi connectivity index (χ4n) is 6.94. The Hall–Kier alpha value is -3.41. The summed E-state index contributed by atoms with van der Waals surface area (Å²) in [5.41, 5.74) is 0. The van der Waals surface area contributed by atoms with Gasteiger partial charge in [-0.2, -0.15) is 0 Å². The highest BCUT2D eigenvalue weighted by Gasteiger charge is 2.19. The van der Waals surface area contributed by atoms with Crippen LogP contribution in [0.25, 0.3) is 0 Å². The van der Waals surface area contributed by atoms with Gasteiger partial charge < -0.3 is 14.2 Å². The van der Waals surface area contributed by atoms with Gasteiger partial charge in [0, 0.05) is 19.3 Å². The lowest BCUT2D eigenvalue weighted by molar-refractivity contribution is -0.167. The first-order valence-electron chi connectivity index (χ1n) is 26.1. The van der Waals surface area contributed by atoms with E-state index in [0.717, 1.165) is 89.9 Å². The first-order valence-corrected chi connectivity index (χ1v) is 26.1. The van der Waals surface area contributed by atoms with Gasteiger partial charge in [-0.3, -0.25) is 14.4 Å². The largest absolute Gasteiger partial charge is 0.462 e. The van der Waals surface area contributed by atoms with Crippen LogP contribution in [-0.2, 0) is 28.6 Å². The lowest BCUT2D eigenvalue weighted by Gasteiger charge is -2.18. The average molecular weight is 877 g/mol. The number of allylic oxidation sites excluding steroid dienone is 14. The third kappa shape index (κ3) is 49.5. The van der Waals surface area contributed by atoms with E-state index in [1.807, 2.05) is 0 Å². The number of carbonyl (C=O) groups excluding carboxylic acids is 3. The highest BCUT2D eigenvalue weighted by molar-refractivity contribution is 5.71. The molecule has 0 spiro atoms. The molecule has 0 aliphatic carbocycles. The van der Waals surface area contributed by atoms with Crippen molar-refractivity contribution in [2.45, 2.75) is 245 Å². The van der Waals surface area contributed by atoms with Gasteiger partial charge in [0.1, 0.15) is 13.2 Å². The lowest BCUT2D eigenvalue weighted by atomic mass is 10.1. The molecule has 0 aromatic carbocycles. The molecule has 0 radical (unpaired) electrons. The van der Waals surface area contributed by atoms with Crippen LogP contribution in [0.5, 0.6) is 0 Å². The van der Waals surface area contributed by atoms with E-state index in [1.165, 1.54) is 103 Å². The number of hydrogen-bond acceptors (Lipinski definition) is 6. The molecule has 360 valence electrons. The minimum atomic E-state index is -0.816. The molecule has 6 nitrogen and oxygen atoms in total. The molecule has 0 aliphatic rings. The number of ether oxygens (including phenoxy) is 3. The zero-order chi connectivity index (χ0) is 45.8. The molecular weight excluding hydrogens is 781 g/mol. The number of unbranched alkanes of at least 4 members (excludes halogenated alkanes) is 21. The maximum atomic E-state index is 12.8. The third-order valence-corrected chi connectivity index (χ3v) is 10.9. The molecule has 0 heterocycles. The molecule has 0 saturated carbocycles. The van der Waals surface area contributed by atoms with Crippen molar-refractivity contribution < 1.29 is 28.6 Å². The van der Waals surface area contributed by atoms with E-state index in [2.05, 4.69) is 106 Å². The summed E-state index contributed by atoms with van der Waals surface area (Å²) in [6.45, 7) is 6.42. The Balaban J connectivity index is 4.51. The zero-order valence-corrected chi connectivity index (χ0v) is 41.1. The summed E-state index contributed by atoms with van der Waals surface area (Å²) in [4.78, 5) is 37.9. The van der Waals surface area contributed by atoms with E-state index >= 15 is 0 Å². The Kier molecular flexibility index (Phi) is 48.5. The first-order chi connectivity index (χ1) is 31.0. The van der Waals surface area contributed by atoms with Crippen LogP contribution < -0.4 is 0 Å². The van der Waals surface area contributed by atoms with Crippen LogP contribution in [0.4, 0.5) is 0 Å². The molecule has 0 fully saturated rings. The fourth-order valence-corrected chi connectivity index (χ4v) is 6.94. The first kappa shape index (κ1) is 59.6. The molecule has 0 N–H and O–H groups in total. The Morgan fingerprint density at radius 3 is 1.08 bits per heavy atom. The van der Waals surface area contributed by atoms with Crippen LogP contribution in [-0.4, -0.2) is 37.2 Å². The van der Waals surface area contributed by atoms with Crippen LogP contribution in [0.3, 0.4) is 0 Å². The highest BCUT2D eigenvalue weighted by Crippen LogP contribution is 2.13. The van der Waals surface area contributed by atoms with Gasteiger partial charge in [-0.05, 0) is 109 Å². The van der Waals surface area contributed by atoms with Crippen molar-refractivity contribution in [2.75, 3.05) is 13.2 Å². The molecular formula is C57H96O6. The van der Waals surface area contributed by atoms with E-state index < -0.39 is 6.10 Å². The zero-order valence-electron chi connectivity index (χ0n) is 41.1. The normalized spacial score (nSPS) is 12.7. The maximum Gasteiger partial charge on any atom is 0.306 e. The Morgan fingerprint density at radius 1 is 0.333 bits per heavy atom. The summed E-state index contributed by atoms with van der Waals surface area (Å²) in [6.07, 6.45) is 65.8. The SMILES string of the molecule is CC/C=C\C/C=C\C/C=C\CCCCC(=O)OCC(COC(=O)CCC/C=C\C/C=C\C/C=C\CCCCCCCC)OC(=O)CCCCCCC/C=C\CCCCCCCCC. The molecule has 0 rings (SSSR count). The second kappa shape index (κ2) is 51.2. The predicted octanol–water partition coefficient (Wildman–Crippen LogP) is 17.2. The van der Waals surface area contributed by atoms with Crippen LogP contribution in [0.15, 0.2) is 85.1 Å². The number of rotatable bonds is 46. The van der Waals surface area contributed by atoms with Gasteiger partial charge in [0.25, 0.3) is 0 Å². The van der Waals surface area contributed by atoms with Gasteiger partial charge in [0.05, 0.1) is 0 Å². The van der Waals surface area contributed by atoms with Crippen molar-refractivity contribution in [3.8, 4) is 0 Å². The van der Waals surface area contributed by atoms with Crippen molar-refractivity contribution >= 4 is 17.9 Å². The van der Waals surface area contributed by atoms with Gasteiger partial charge in [-0.25, -0.2) is 0 Å². The van der Waals surface area contributed by atoms with Crippen LogP contribution in [0.1, 0.15) is 239 Å². The van der Waals surface area contributed by atoms with Crippen LogP contribution in [0.2, 0.25) is 0 Å². The number of esters is 3. The molecule has 0 aliphatic heterocycles. The molecule has 0 bridgehead atoms. The van der Waals surface area contributed by atoms with E-state index in [1.54, 1.807) is 0 Å². The van der Waals surface area contributed by atoms with Gasteiger partial charge in [-0.1, -0.05) is 196 Å². The second-order valence-electron chi connectivity index (χ2n) is 17.0. The molecule has 1 unspecified atom stereocenters. The monoisotopic (exact) mass is 877 g/mol. The fraction of sp³-hybridized carbons (Fsp3) is 0.702. The van der Waals surface area contributed by atoms with E-state index in [4.69, 9.17) is 14.2 Å². The molecule has 1 atom stereocenters. The van der Waals surface area contributed by atoms with Crippen LogP contribution in [0, 0.1) is 0 Å². The van der Waals surface area contributed by atoms with E-state index in [9.17, 15) is 14.4 Å². The minimum absolute atomic E-state index is 0.116. The lowest BCUT2D eigenvalue weighted by Crippen LogP contribution is -2.30. The summed E-state index contributed by atoms with van der Waals surface area (Å²) >= 11 is 0. The van der Waals surface area contributed by atoms with Gasteiger partial charge in [0.15, 0.2) is 6.10 Å². The topological polar surface area (TPSA) is 78.9 Å². The smallest absolute Gasteiger partial charge is 0.306 e. The van der Waals surface area contributed by atoms with Crippen LogP contribution >= 0.6 is 0 Å². The molecule has 6 heteroatoms. The quantitative estimate of drug-likeness (QED) is 0.0262. The highest BCUT2D eigenvalue weighted by atomic mass is 16.6. The van der Waals surface area contributed by atoms with Crippen molar-refractivity contribution in [2.24, 2.45) is 0 Å². The Labute approximate surface area is 388 Å². The van der Waals surface area contributed by atoms with Crippen molar-refractivity contribution in [3.63, 3.8) is 0 Å². The maximum absolute atomic E-state index is 12.8. The standard InChI is InChI=1S/C57H96O6/c1-4-7-10-13-16-19-22-25-27-29-31-32-35-38-41-44-47-50-56(59)62-53-54(52-61-55(58)49-46-43-40-37-34-24-21-18-15-12-9-6-3)63-57(60)51-48-45-42-39-36-33-30-28-26-23-20-17-14-11-8-5-2/h9,12,18,21,25,27-28,30-32,34,37-38,41,54H,4-8,10-11,13-17,19-20,22-24,26,29,33,35-36,39-40,42-53H2,1-3H3/b12-9-,21-18-,27-25-,30-28-,32-31-,37-34-,41-38-. The summed E-state index contributed by atoms with van der Waals surface area (Å²) in [5.74, 6) is -1.01. The summed E-state index contributed by atoms with van der Waals surface area (Å²) in [7, 11) is 0. The van der Waals surface area contributed by atoms with Gasteiger partial charge >= 0.3 is 17.9 Å². The summed E-state index contributed by atoms with van der Waals surface area (Å²) in [6, 6.07) is 0. The Morgan fingerprint density at radius 2 is 0.635 bits per heavy atom. The summed E-state index contributed by atoms with van der Waals surface area (Å²) < 4.78 is 16.7. The van der Waals surface area contributed by atoms with Gasteiger partial charge in [-0.15, -0.1) is 0 Å². The van der Waals surface area contributed by atoms with E-state index in [-0.39, 0.29) is 37.5 Å². The van der Waals surface area contributed by atoms with Crippen molar-refractivity contribution in [1.82, 2.24) is 0 Å². The summed E-state index contributed by atoms with van der Waals surface area (Å²) in [5, 5.41) is 0. The third-order valence-electron chi connectivity index (χ3n) is 10.9. The molecule has 0 aromatic heterocycles. The van der Waals surface area contributed by atoms with Crippen molar-refractivity contribution in [3.05, 3.63) is 85.1 Å². The number of hydrogen-bond donors (Lipinski definition) is 0. The Bertz CT molecular complexity index is 1240. The predicted molar refractivity (Wildman–Crippen MR) is 270 cm³/mol. The molecule has 63 heavy (non-hydrogen) atoms.